The van der Waals surface area contributed by atoms with E-state index < -0.39 is 9.84 Å². The van der Waals surface area contributed by atoms with E-state index >= 15 is 0 Å². The Hall–Kier alpha value is -0.620. The summed E-state index contributed by atoms with van der Waals surface area (Å²) in [4.78, 5) is 11.9. The van der Waals surface area contributed by atoms with Gasteiger partial charge in [0.2, 0.25) is 5.91 Å². The number of hydrogen-bond acceptors (Lipinski definition) is 4. The number of rotatable bonds is 6. The van der Waals surface area contributed by atoms with Crippen molar-refractivity contribution in [3.8, 4) is 0 Å². The van der Waals surface area contributed by atoms with Gasteiger partial charge in [0, 0.05) is 25.0 Å². The van der Waals surface area contributed by atoms with Gasteiger partial charge in [-0.05, 0) is 19.3 Å². The monoisotopic (exact) mass is 290 g/mol. The fraction of sp³-hybridized carbons (Fsp3) is 0.923. The minimum atomic E-state index is -2.97. The van der Waals surface area contributed by atoms with Crippen molar-refractivity contribution >= 4 is 15.7 Å². The molecular weight excluding hydrogens is 264 g/mol. The first-order valence-electron chi connectivity index (χ1n) is 7.05. The Morgan fingerprint density at radius 2 is 2.11 bits per heavy atom. The first-order chi connectivity index (χ1) is 8.82. The Morgan fingerprint density at radius 1 is 1.42 bits per heavy atom. The molecule has 1 heterocycles. The molecule has 1 rings (SSSR count). The van der Waals surface area contributed by atoms with Crippen molar-refractivity contribution in [3.05, 3.63) is 0 Å². The minimum absolute atomic E-state index is 0.0644. The van der Waals surface area contributed by atoms with E-state index in [0.717, 1.165) is 12.8 Å². The average molecular weight is 290 g/mol. The van der Waals surface area contributed by atoms with E-state index in [2.05, 4.69) is 24.5 Å². The van der Waals surface area contributed by atoms with E-state index in [-0.39, 0.29) is 35.9 Å². The molecule has 6 heteroatoms. The van der Waals surface area contributed by atoms with Gasteiger partial charge in [-0.1, -0.05) is 20.3 Å². The van der Waals surface area contributed by atoms with E-state index in [1.807, 2.05) is 6.92 Å². The standard InChI is InChI=1S/C13H26N2O3S/c1-4-10(2)7-11(3)15-13(16)8-12-9-19(17,18)6-5-14-12/h10-12,14H,4-9H2,1-3H3,(H,15,16). The van der Waals surface area contributed by atoms with Crippen LogP contribution in [0.25, 0.3) is 0 Å². The number of nitrogens with one attached hydrogen (secondary N) is 2. The van der Waals surface area contributed by atoms with Gasteiger partial charge in [0.25, 0.3) is 0 Å². The van der Waals surface area contributed by atoms with Crippen LogP contribution in [-0.2, 0) is 14.6 Å². The molecule has 5 nitrogen and oxygen atoms in total. The highest BCUT2D eigenvalue weighted by molar-refractivity contribution is 7.91. The molecule has 112 valence electrons. The van der Waals surface area contributed by atoms with Crippen LogP contribution in [0.1, 0.15) is 40.0 Å². The Kier molecular flexibility index (Phi) is 6.26. The molecule has 19 heavy (non-hydrogen) atoms. The highest BCUT2D eigenvalue weighted by Crippen LogP contribution is 2.10. The third-order valence-electron chi connectivity index (χ3n) is 3.59. The second kappa shape index (κ2) is 7.24. The van der Waals surface area contributed by atoms with Crippen LogP contribution in [0.5, 0.6) is 0 Å². The van der Waals surface area contributed by atoms with Crippen LogP contribution in [0.3, 0.4) is 0 Å². The summed E-state index contributed by atoms with van der Waals surface area (Å²) in [5.74, 6) is 0.768. The molecule has 1 aliphatic heterocycles. The van der Waals surface area contributed by atoms with Gasteiger partial charge >= 0.3 is 0 Å². The summed E-state index contributed by atoms with van der Waals surface area (Å²) >= 11 is 0. The normalized spacial score (nSPS) is 25.5. The minimum Gasteiger partial charge on any atom is -0.354 e. The summed E-state index contributed by atoms with van der Waals surface area (Å²) < 4.78 is 23.0. The van der Waals surface area contributed by atoms with Gasteiger partial charge in [0.05, 0.1) is 11.5 Å². The highest BCUT2D eigenvalue weighted by atomic mass is 32.2. The molecule has 0 bridgehead atoms. The third-order valence-corrected chi connectivity index (χ3v) is 5.33. The van der Waals surface area contributed by atoms with Gasteiger partial charge in [-0.2, -0.15) is 0 Å². The van der Waals surface area contributed by atoms with Gasteiger partial charge in [-0.15, -0.1) is 0 Å². The fourth-order valence-electron chi connectivity index (χ4n) is 2.39. The molecule has 3 unspecified atom stereocenters. The molecule has 0 saturated carbocycles. The summed E-state index contributed by atoms with van der Waals surface area (Å²) in [6.45, 7) is 6.74. The average Bonchev–Trinajstić information content (AvgIpc) is 2.26. The number of amides is 1. The van der Waals surface area contributed by atoms with Crippen molar-refractivity contribution in [1.82, 2.24) is 10.6 Å². The maximum absolute atomic E-state index is 11.9. The van der Waals surface area contributed by atoms with Crippen LogP contribution in [0.4, 0.5) is 0 Å². The third kappa shape index (κ3) is 6.38. The molecule has 0 aromatic rings. The van der Waals surface area contributed by atoms with Crippen LogP contribution < -0.4 is 10.6 Å². The predicted molar refractivity (Wildman–Crippen MR) is 76.7 cm³/mol. The molecule has 2 N–H and O–H groups in total. The maximum Gasteiger partial charge on any atom is 0.221 e. The zero-order valence-electron chi connectivity index (χ0n) is 12.1. The molecule has 0 aromatic heterocycles. The molecule has 0 radical (unpaired) electrons. The fourth-order valence-corrected chi connectivity index (χ4v) is 3.83. The van der Waals surface area contributed by atoms with Gasteiger partial charge in [-0.25, -0.2) is 8.42 Å². The zero-order valence-corrected chi connectivity index (χ0v) is 12.9. The summed E-state index contributed by atoms with van der Waals surface area (Å²) in [5, 5.41) is 6.04. The van der Waals surface area contributed by atoms with Gasteiger partial charge in [0.1, 0.15) is 0 Å². The summed E-state index contributed by atoms with van der Waals surface area (Å²) in [5.41, 5.74) is 0. The van der Waals surface area contributed by atoms with Crippen molar-refractivity contribution < 1.29 is 13.2 Å². The van der Waals surface area contributed by atoms with E-state index in [4.69, 9.17) is 0 Å². The van der Waals surface area contributed by atoms with Crippen molar-refractivity contribution in [3.63, 3.8) is 0 Å². The predicted octanol–water partition coefficient (Wildman–Crippen LogP) is 0.704. The van der Waals surface area contributed by atoms with Crippen LogP contribution in [0.2, 0.25) is 0 Å². The lowest BCUT2D eigenvalue weighted by atomic mass is 10.0. The summed E-state index contributed by atoms with van der Waals surface area (Å²) in [7, 11) is -2.97. The maximum atomic E-state index is 11.9. The van der Waals surface area contributed by atoms with Gasteiger partial charge in [0.15, 0.2) is 9.84 Å². The lowest BCUT2D eigenvalue weighted by Crippen LogP contribution is -2.48. The SMILES string of the molecule is CCC(C)CC(C)NC(=O)CC1CS(=O)(=O)CCN1. The molecule has 0 aliphatic carbocycles. The molecule has 1 saturated heterocycles. The van der Waals surface area contributed by atoms with Crippen LogP contribution in [0.15, 0.2) is 0 Å². The molecular formula is C13H26N2O3S. The lowest BCUT2D eigenvalue weighted by molar-refractivity contribution is -0.122. The van der Waals surface area contributed by atoms with E-state index in [1.54, 1.807) is 0 Å². The van der Waals surface area contributed by atoms with E-state index in [0.29, 0.717) is 12.5 Å². The van der Waals surface area contributed by atoms with Gasteiger partial charge in [-0.3, -0.25) is 4.79 Å². The second-order valence-electron chi connectivity index (χ2n) is 5.69. The molecule has 1 fully saturated rings. The zero-order chi connectivity index (χ0) is 14.5. The first-order valence-corrected chi connectivity index (χ1v) is 8.87. The van der Waals surface area contributed by atoms with Crippen molar-refractivity contribution in [2.24, 2.45) is 5.92 Å². The lowest BCUT2D eigenvalue weighted by Gasteiger charge is -2.24. The van der Waals surface area contributed by atoms with Crippen LogP contribution in [-0.4, -0.2) is 44.5 Å². The summed E-state index contributed by atoms with van der Waals surface area (Å²) in [6, 6.07) is -0.0998. The number of carbonyl (C=O) groups excluding carboxylic acids is 1. The summed E-state index contributed by atoms with van der Waals surface area (Å²) in [6.07, 6.45) is 2.30. The number of hydrogen-bond donors (Lipinski definition) is 2. The largest absolute Gasteiger partial charge is 0.354 e. The second-order valence-corrected chi connectivity index (χ2v) is 7.92. The Balaban J connectivity index is 2.34. The highest BCUT2D eigenvalue weighted by Gasteiger charge is 2.26. The van der Waals surface area contributed by atoms with E-state index in [9.17, 15) is 13.2 Å². The smallest absolute Gasteiger partial charge is 0.221 e. The molecule has 3 atom stereocenters. The van der Waals surface area contributed by atoms with Crippen molar-refractivity contribution in [1.29, 1.82) is 0 Å². The Bertz CT molecular complexity index is 395. The van der Waals surface area contributed by atoms with Crippen molar-refractivity contribution in [2.75, 3.05) is 18.1 Å². The molecule has 0 aromatic carbocycles. The van der Waals surface area contributed by atoms with Gasteiger partial charge < -0.3 is 10.6 Å². The first kappa shape index (κ1) is 16.4. The molecule has 1 aliphatic rings. The van der Waals surface area contributed by atoms with Crippen LogP contribution in [0, 0.1) is 5.92 Å². The Labute approximate surface area is 116 Å². The topological polar surface area (TPSA) is 75.3 Å². The number of carbonyl (C=O) groups is 1. The Morgan fingerprint density at radius 3 is 2.68 bits per heavy atom. The number of sulfone groups is 1. The van der Waals surface area contributed by atoms with Crippen molar-refractivity contribution in [2.45, 2.75) is 52.1 Å². The van der Waals surface area contributed by atoms with E-state index in [1.165, 1.54) is 0 Å². The quantitative estimate of drug-likeness (QED) is 0.755. The van der Waals surface area contributed by atoms with Crippen LogP contribution >= 0.6 is 0 Å². The molecule has 1 amide bonds. The molecule has 0 spiro atoms.